The number of hydrogen-bond acceptors (Lipinski definition) is 3. The van der Waals surface area contributed by atoms with Crippen LogP contribution in [0.3, 0.4) is 0 Å². The normalized spacial score (nSPS) is 12.0. The Morgan fingerprint density at radius 1 is 1.14 bits per heavy atom. The van der Waals surface area contributed by atoms with E-state index in [0.29, 0.717) is 12.4 Å². The molecule has 1 unspecified atom stereocenters. The Labute approximate surface area is 133 Å². The average molecular weight is 351 g/mol. The fourth-order valence-electron chi connectivity index (χ4n) is 2.15. The maximum Gasteiger partial charge on any atom is 0.125 e. The van der Waals surface area contributed by atoms with Crippen LogP contribution in [0.1, 0.15) is 29.7 Å². The van der Waals surface area contributed by atoms with E-state index in [1.807, 2.05) is 43.3 Å². The summed E-state index contributed by atoms with van der Waals surface area (Å²) in [6.45, 7) is 4.15. The molecule has 0 aliphatic rings. The molecule has 3 nitrogen and oxygen atoms in total. The standard InChI is InChI=1S/C17H19BrO3/c1-11-4-6-16(20-3)13(8-11)10-21-17-7-5-14(18)9-15(17)12(2)19/h4-9,12,19H,10H2,1-3H3. The van der Waals surface area contributed by atoms with Crippen LogP contribution in [-0.2, 0) is 6.61 Å². The van der Waals surface area contributed by atoms with Crippen molar-refractivity contribution >= 4 is 15.9 Å². The van der Waals surface area contributed by atoms with Crippen LogP contribution >= 0.6 is 15.9 Å². The molecule has 2 aromatic carbocycles. The van der Waals surface area contributed by atoms with Crippen LogP contribution in [-0.4, -0.2) is 12.2 Å². The third-order valence-electron chi connectivity index (χ3n) is 3.24. The SMILES string of the molecule is COc1ccc(C)cc1COc1ccc(Br)cc1C(C)O. The van der Waals surface area contributed by atoms with Crippen molar-refractivity contribution < 1.29 is 14.6 Å². The number of aliphatic hydroxyl groups is 1. The molecule has 0 aliphatic heterocycles. The maximum absolute atomic E-state index is 9.85. The lowest BCUT2D eigenvalue weighted by molar-refractivity contribution is 0.189. The fourth-order valence-corrected chi connectivity index (χ4v) is 2.53. The lowest BCUT2D eigenvalue weighted by Crippen LogP contribution is -2.03. The Balaban J connectivity index is 2.22. The minimum absolute atomic E-state index is 0.395. The van der Waals surface area contributed by atoms with E-state index >= 15 is 0 Å². The molecule has 2 aromatic rings. The van der Waals surface area contributed by atoms with E-state index in [2.05, 4.69) is 15.9 Å². The molecule has 0 spiro atoms. The number of halogens is 1. The van der Waals surface area contributed by atoms with Gasteiger partial charge < -0.3 is 14.6 Å². The molecular weight excluding hydrogens is 332 g/mol. The molecule has 1 atom stereocenters. The molecule has 0 saturated carbocycles. The average Bonchev–Trinajstić information content (AvgIpc) is 2.46. The molecule has 0 radical (unpaired) electrons. The predicted octanol–water partition coefficient (Wildman–Crippen LogP) is 4.40. The Morgan fingerprint density at radius 3 is 2.52 bits per heavy atom. The molecular formula is C17H19BrO3. The van der Waals surface area contributed by atoms with Crippen molar-refractivity contribution in [2.75, 3.05) is 7.11 Å². The van der Waals surface area contributed by atoms with Gasteiger partial charge in [0.05, 0.1) is 13.2 Å². The topological polar surface area (TPSA) is 38.7 Å². The van der Waals surface area contributed by atoms with Gasteiger partial charge in [0, 0.05) is 15.6 Å². The summed E-state index contributed by atoms with van der Waals surface area (Å²) in [5, 5.41) is 9.85. The molecule has 0 amide bonds. The highest BCUT2D eigenvalue weighted by molar-refractivity contribution is 9.10. The molecule has 0 aromatic heterocycles. The molecule has 0 bridgehead atoms. The molecule has 4 heteroatoms. The van der Waals surface area contributed by atoms with Gasteiger partial charge in [-0.2, -0.15) is 0 Å². The second kappa shape index (κ2) is 6.96. The van der Waals surface area contributed by atoms with Gasteiger partial charge in [0.2, 0.25) is 0 Å². The van der Waals surface area contributed by atoms with E-state index in [9.17, 15) is 5.11 Å². The third kappa shape index (κ3) is 3.99. The number of benzene rings is 2. The van der Waals surface area contributed by atoms with E-state index in [0.717, 1.165) is 26.9 Å². The second-order valence-electron chi connectivity index (χ2n) is 4.96. The number of rotatable bonds is 5. The number of aliphatic hydroxyl groups excluding tert-OH is 1. The zero-order chi connectivity index (χ0) is 15.4. The van der Waals surface area contributed by atoms with Crippen molar-refractivity contribution in [2.45, 2.75) is 26.6 Å². The predicted molar refractivity (Wildman–Crippen MR) is 86.8 cm³/mol. The van der Waals surface area contributed by atoms with Crippen molar-refractivity contribution in [1.29, 1.82) is 0 Å². The summed E-state index contributed by atoms with van der Waals surface area (Å²) in [6, 6.07) is 11.6. The van der Waals surface area contributed by atoms with Gasteiger partial charge in [-0.25, -0.2) is 0 Å². The fraction of sp³-hybridized carbons (Fsp3) is 0.294. The molecule has 0 heterocycles. The highest BCUT2D eigenvalue weighted by Crippen LogP contribution is 2.30. The molecule has 2 rings (SSSR count). The van der Waals surface area contributed by atoms with Crippen molar-refractivity contribution in [1.82, 2.24) is 0 Å². The highest BCUT2D eigenvalue weighted by Gasteiger charge is 2.11. The summed E-state index contributed by atoms with van der Waals surface area (Å²) in [4.78, 5) is 0. The van der Waals surface area contributed by atoms with Crippen molar-refractivity contribution in [3.63, 3.8) is 0 Å². The number of ether oxygens (including phenoxy) is 2. The first-order valence-corrected chi connectivity index (χ1v) is 7.54. The van der Waals surface area contributed by atoms with Gasteiger partial charge in [-0.3, -0.25) is 0 Å². The number of methoxy groups -OCH3 is 1. The Bertz CT molecular complexity index is 623. The zero-order valence-electron chi connectivity index (χ0n) is 12.4. The van der Waals surface area contributed by atoms with Gasteiger partial charge in [-0.15, -0.1) is 0 Å². The van der Waals surface area contributed by atoms with E-state index in [1.165, 1.54) is 0 Å². The second-order valence-corrected chi connectivity index (χ2v) is 5.88. The van der Waals surface area contributed by atoms with Gasteiger partial charge in [-0.05, 0) is 44.2 Å². The van der Waals surface area contributed by atoms with Crippen LogP contribution in [0.15, 0.2) is 40.9 Å². The molecule has 112 valence electrons. The lowest BCUT2D eigenvalue weighted by Gasteiger charge is -2.15. The number of aryl methyl sites for hydroxylation is 1. The summed E-state index contributed by atoms with van der Waals surface area (Å²) < 4.78 is 12.1. The first kappa shape index (κ1) is 15.9. The van der Waals surface area contributed by atoms with Crippen LogP contribution in [0.2, 0.25) is 0 Å². The lowest BCUT2D eigenvalue weighted by atomic mass is 10.1. The molecule has 0 aliphatic carbocycles. The monoisotopic (exact) mass is 350 g/mol. The summed E-state index contributed by atoms with van der Waals surface area (Å²) in [5.74, 6) is 1.48. The van der Waals surface area contributed by atoms with Crippen molar-refractivity contribution in [3.8, 4) is 11.5 Å². The first-order chi connectivity index (χ1) is 10.0. The molecule has 1 N–H and O–H groups in total. The van der Waals surface area contributed by atoms with E-state index in [-0.39, 0.29) is 0 Å². The van der Waals surface area contributed by atoms with E-state index in [1.54, 1.807) is 14.0 Å². The third-order valence-corrected chi connectivity index (χ3v) is 3.73. The van der Waals surface area contributed by atoms with Crippen LogP contribution in [0, 0.1) is 6.92 Å². The van der Waals surface area contributed by atoms with Gasteiger partial charge in [0.1, 0.15) is 18.1 Å². The van der Waals surface area contributed by atoms with Crippen molar-refractivity contribution in [3.05, 3.63) is 57.6 Å². The maximum atomic E-state index is 9.85. The quantitative estimate of drug-likeness (QED) is 0.868. The van der Waals surface area contributed by atoms with E-state index in [4.69, 9.17) is 9.47 Å². The minimum atomic E-state index is -0.586. The smallest absolute Gasteiger partial charge is 0.125 e. The van der Waals surface area contributed by atoms with Gasteiger partial charge in [-0.1, -0.05) is 27.6 Å². The summed E-state index contributed by atoms with van der Waals surface area (Å²) in [7, 11) is 1.65. The van der Waals surface area contributed by atoms with Crippen LogP contribution < -0.4 is 9.47 Å². The number of hydrogen-bond donors (Lipinski definition) is 1. The van der Waals surface area contributed by atoms with Gasteiger partial charge in [0.15, 0.2) is 0 Å². The molecule has 21 heavy (non-hydrogen) atoms. The van der Waals surface area contributed by atoms with Gasteiger partial charge >= 0.3 is 0 Å². The van der Waals surface area contributed by atoms with Crippen LogP contribution in [0.5, 0.6) is 11.5 Å². The Hall–Kier alpha value is -1.52. The van der Waals surface area contributed by atoms with E-state index < -0.39 is 6.10 Å². The largest absolute Gasteiger partial charge is 0.496 e. The van der Waals surface area contributed by atoms with Crippen molar-refractivity contribution in [2.24, 2.45) is 0 Å². The first-order valence-electron chi connectivity index (χ1n) is 6.75. The molecule has 0 saturated heterocycles. The van der Waals surface area contributed by atoms with Crippen LogP contribution in [0.25, 0.3) is 0 Å². The highest BCUT2D eigenvalue weighted by atomic mass is 79.9. The van der Waals surface area contributed by atoms with Gasteiger partial charge in [0.25, 0.3) is 0 Å². The summed E-state index contributed by atoms with van der Waals surface area (Å²) in [6.07, 6.45) is -0.586. The molecule has 0 fully saturated rings. The Kier molecular flexibility index (Phi) is 5.26. The zero-order valence-corrected chi connectivity index (χ0v) is 14.0. The van der Waals surface area contributed by atoms with Crippen LogP contribution in [0.4, 0.5) is 0 Å². The Morgan fingerprint density at radius 2 is 1.86 bits per heavy atom. The minimum Gasteiger partial charge on any atom is -0.496 e. The summed E-state index contributed by atoms with van der Waals surface area (Å²) in [5.41, 5.74) is 2.90. The summed E-state index contributed by atoms with van der Waals surface area (Å²) >= 11 is 3.41.